The maximum absolute atomic E-state index is 13.4. The smallest absolute Gasteiger partial charge is 0.456 e. The number of carbonyl (C=O) groups excluding carboxylic acids is 2. The van der Waals surface area contributed by atoms with Crippen LogP contribution in [0.15, 0.2) is 30.3 Å². The Balaban J connectivity index is 1.60. The molecule has 0 N–H and O–H groups in total. The second kappa shape index (κ2) is 9.38. The Bertz CT molecular complexity index is 1190. The second-order valence-electron chi connectivity index (χ2n) is 10.8. The number of Topliss-reactive ketones (excluding diaryl/α,β-unsaturated/α-hetero) is 1. The lowest BCUT2D eigenvalue weighted by molar-refractivity contribution is -0.0897. The molecule has 1 saturated heterocycles. The topological polar surface area (TPSA) is 64.0 Å². The van der Waals surface area contributed by atoms with E-state index in [0.717, 1.165) is 0 Å². The molecule has 1 aromatic carbocycles. The van der Waals surface area contributed by atoms with Gasteiger partial charge in [0.15, 0.2) is 11.5 Å². The summed E-state index contributed by atoms with van der Waals surface area (Å²) in [6.45, 7) is 8.80. The summed E-state index contributed by atoms with van der Waals surface area (Å²) in [6.07, 6.45) is -3.94. The molecule has 2 aliphatic rings. The van der Waals surface area contributed by atoms with Crippen molar-refractivity contribution in [1.29, 1.82) is 0 Å². The molecule has 2 aliphatic heterocycles. The zero-order chi connectivity index (χ0) is 27.3. The third-order valence-corrected chi connectivity index (χ3v) is 7.46. The van der Waals surface area contributed by atoms with E-state index < -0.39 is 23.0 Å². The highest BCUT2D eigenvalue weighted by Gasteiger charge is 2.51. The number of likely N-dealkylation sites (N-methyl/N-ethyl adjacent to an activating group) is 1. The van der Waals surface area contributed by atoms with E-state index in [4.69, 9.17) is 9.47 Å². The van der Waals surface area contributed by atoms with Gasteiger partial charge in [0.1, 0.15) is 0 Å². The van der Waals surface area contributed by atoms with Gasteiger partial charge in [-0.2, -0.15) is 13.2 Å². The highest BCUT2D eigenvalue weighted by atomic mass is 19.4. The van der Waals surface area contributed by atoms with Gasteiger partial charge in [-0.3, -0.25) is 14.5 Å². The third-order valence-electron chi connectivity index (χ3n) is 7.46. The van der Waals surface area contributed by atoms with Gasteiger partial charge in [-0.25, -0.2) is 0 Å². The molecule has 3 heterocycles. The van der Waals surface area contributed by atoms with Crippen molar-refractivity contribution < 1.29 is 32.2 Å². The molecule has 0 unspecified atom stereocenters. The normalized spacial score (nSPS) is 19.1. The van der Waals surface area contributed by atoms with E-state index in [9.17, 15) is 22.8 Å². The van der Waals surface area contributed by atoms with Crippen LogP contribution in [0.1, 0.15) is 67.1 Å². The molecule has 202 valence electrons. The van der Waals surface area contributed by atoms with Crippen LogP contribution in [0.25, 0.3) is 0 Å². The Kier molecular flexibility index (Phi) is 6.85. The number of nitrogens with zero attached hydrogens (tertiary/aromatic N) is 3. The average Bonchev–Trinajstić information content (AvgIpc) is 3.28. The summed E-state index contributed by atoms with van der Waals surface area (Å²) >= 11 is 0. The van der Waals surface area contributed by atoms with Gasteiger partial charge in [-0.05, 0) is 77.9 Å². The maximum Gasteiger partial charge on any atom is 0.456 e. The van der Waals surface area contributed by atoms with Gasteiger partial charge < -0.3 is 18.9 Å². The molecule has 0 bridgehead atoms. The summed E-state index contributed by atoms with van der Waals surface area (Å²) in [5.74, 6) is -0.950. The average molecular weight is 522 g/mol. The van der Waals surface area contributed by atoms with Crippen LogP contribution >= 0.6 is 0 Å². The minimum absolute atomic E-state index is 0.0444. The van der Waals surface area contributed by atoms with Gasteiger partial charge in [0, 0.05) is 30.9 Å². The second-order valence-corrected chi connectivity index (χ2v) is 10.8. The van der Waals surface area contributed by atoms with E-state index in [2.05, 4.69) is 4.90 Å². The number of amides is 1. The number of likely N-dealkylation sites (tertiary alicyclic amines) is 1. The van der Waals surface area contributed by atoms with Gasteiger partial charge in [0.05, 0.1) is 30.0 Å². The molecule has 1 fully saturated rings. The first kappa shape index (κ1) is 27.0. The number of fused-ring (bicyclic) bond motifs is 2. The van der Waals surface area contributed by atoms with Crippen LogP contribution in [-0.4, -0.2) is 72.1 Å². The number of ether oxygens (including phenoxy) is 2. The summed E-state index contributed by atoms with van der Waals surface area (Å²) in [6, 6.07) is 8.04. The van der Waals surface area contributed by atoms with E-state index in [1.165, 1.54) is 13.2 Å². The monoisotopic (exact) mass is 521 g/mol. The fourth-order valence-corrected chi connectivity index (χ4v) is 5.82. The van der Waals surface area contributed by atoms with Crippen LogP contribution in [0.4, 0.5) is 13.2 Å². The minimum Gasteiger partial charge on any atom is -0.493 e. The number of methoxy groups -OCH3 is 1. The van der Waals surface area contributed by atoms with Gasteiger partial charge in [-0.1, -0.05) is 0 Å². The highest BCUT2D eigenvalue weighted by Crippen LogP contribution is 2.46. The van der Waals surface area contributed by atoms with E-state index in [0.29, 0.717) is 55.2 Å². The molecule has 37 heavy (non-hydrogen) atoms. The van der Waals surface area contributed by atoms with Crippen molar-refractivity contribution in [3.63, 3.8) is 0 Å². The van der Waals surface area contributed by atoms with E-state index >= 15 is 0 Å². The Hall–Kier alpha value is -3.01. The molecule has 0 aliphatic carbocycles. The van der Waals surface area contributed by atoms with Crippen molar-refractivity contribution in [1.82, 2.24) is 14.4 Å². The van der Waals surface area contributed by atoms with E-state index in [-0.39, 0.29) is 17.7 Å². The zero-order valence-corrected chi connectivity index (χ0v) is 22.1. The number of aromatic nitrogens is 1. The number of carbonyl (C=O) groups is 2. The summed E-state index contributed by atoms with van der Waals surface area (Å²) in [5, 5.41) is 0. The van der Waals surface area contributed by atoms with Crippen LogP contribution in [0, 0.1) is 0 Å². The Labute approximate surface area is 215 Å². The van der Waals surface area contributed by atoms with Crippen molar-refractivity contribution in [3.8, 4) is 11.5 Å². The first-order chi connectivity index (χ1) is 17.2. The van der Waals surface area contributed by atoms with Crippen molar-refractivity contribution in [2.24, 2.45) is 0 Å². The molecule has 1 aromatic heterocycles. The number of hydrogen-bond acceptors (Lipinski definition) is 5. The van der Waals surface area contributed by atoms with Gasteiger partial charge in [0.25, 0.3) is 11.7 Å². The highest BCUT2D eigenvalue weighted by molar-refractivity contribution is 5.99. The van der Waals surface area contributed by atoms with Crippen molar-refractivity contribution in [3.05, 3.63) is 47.3 Å². The molecule has 2 aromatic rings. The zero-order valence-electron chi connectivity index (χ0n) is 22.1. The number of hydrogen-bond donors (Lipinski definition) is 0. The molecular weight excluding hydrogens is 487 g/mol. The Morgan fingerprint density at radius 2 is 1.68 bits per heavy atom. The summed E-state index contributed by atoms with van der Waals surface area (Å²) in [7, 11) is 3.48. The number of rotatable bonds is 5. The predicted octanol–water partition coefficient (Wildman–Crippen LogP) is 4.84. The summed E-state index contributed by atoms with van der Waals surface area (Å²) in [5.41, 5.74) is -0.470. The first-order valence-corrected chi connectivity index (χ1v) is 12.4. The van der Waals surface area contributed by atoms with Gasteiger partial charge in [-0.15, -0.1) is 0 Å². The van der Waals surface area contributed by atoms with E-state index in [1.807, 2.05) is 34.7 Å². The number of alkyl halides is 3. The summed E-state index contributed by atoms with van der Waals surface area (Å²) in [4.78, 5) is 29.5. The van der Waals surface area contributed by atoms with Crippen LogP contribution in [0.5, 0.6) is 11.5 Å². The molecule has 1 spiro atoms. The minimum atomic E-state index is -4.95. The van der Waals surface area contributed by atoms with Crippen LogP contribution in [0.3, 0.4) is 0 Å². The molecule has 0 radical (unpaired) electrons. The largest absolute Gasteiger partial charge is 0.493 e. The van der Waals surface area contributed by atoms with Crippen LogP contribution in [0.2, 0.25) is 0 Å². The SMILES string of the molecule is COc1cc(C(=O)N2CCC3(CC2)c2ccc(C(=O)C(F)(F)F)n2C(C)(C)CN3C)ccc1OC(C)C. The molecular formula is C27H34F3N3O4. The third kappa shape index (κ3) is 4.71. The first-order valence-electron chi connectivity index (χ1n) is 12.4. The number of piperidine rings is 1. The van der Waals surface area contributed by atoms with Crippen LogP contribution in [-0.2, 0) is 11.1 Å². The lowest BCUT2D eigenvalue weighted by Crippen LogP contribution is -2.61. The Morgan fingerprint density at radius 3 is 2.24 bits per heavy atom. The maximum atomic E-state index is 13.4. The molecule has 10 heteroatoms. The number of ketones is 1. The van der Waals surface area contributed by atoms with Crippen molar-refractivity contribution >= 4 is 11.7 Å². The van der Waals surface area contributed by atoms with Crippen LogP contribution < -0.4 is 9.47 Å². The van der Waals surface area contributed by atoms with Gasteiger partial charge >= 0.3 is 6.18 Å². The summed E-state index contributed by atoms with van der Waals surface area (Å²) < 4.78 is 52.8. The number of halogens is 3. The van der Waals surface area contributed by atoms with Gasteiger partial charge in [0.2, 0.25) is 0 Å². The fourth-order valence-electron chi connectivity index (χ4n) is 5.82. The molecule has 4 rings (SSSR count). The van der Waals surface area contributed by atoms with Crippen molar-refractivity contribution in [2.45, 2.75) is 63.9 Å². The molecule has 0 atom stereocenters. The number of benzene rings is 1. The lowest BCUT2D eigenvalue weighted by Gasteiger charge is -2.55. The van der Waals surface area contributed by atoms with Crippen molar-refractivity contribution in [2.75, 3.05) is 33.8 Å². The van der Waals surface area contributed by atoms with E-state index in [1.54, 1.807) is 33.7 Å². The molecule has 0 saturated carbocycles. The fraction of sp³-hybridized carbons (Fsp3) is 0.556. The lowest BCUT2D eigenvalue weighted by atomic mass is 9.78. The molecule has 1 amide bonds. The standard InChI is InChI=1S/C27H34F3N3O4/c1-17(2)37-20-9-7-18(15-21(20)36-6)24(35)32-13-11-26(12-14-32)22-10-8-19(23(34)27(28,29)30)33(22)25(3,4)16-31(26)5/h7-10,15,17H,11-14,16H2,1-6H3. The molecule has 7 nitrogen and oxygen atoms in total. The predicted molar refractivity (Wildman–Crippen MR) is 132 cm³/mol. The Morgan fingerprint density at radius 1 is 1.03 bits per heavy atom. The quantitative estimate of drug-likeness (QED) is 0.527.